The zero-order valence-electron chi connectivity index (χ0n) is 20.5. The van der Waals surface area contributed by atoms with Crippen LogP contribution in [-0.4, -0.2) is 53.5 Å². The molecule has 3 aromatic rings. The number of aromatic nitrogens is 1. The third-order valence-electron chi connectivity index (χ3n) is 7.00. The van der Waals surface area contributed by atoms with E-state index in [1.165, 1.54) is 24.9 Å². The van der Waals surface area contributed by atoms with E-state index < -0.39 is 35.4 Å². The van der Waals surface area contributed by atoms with Gasteiger partial charge < -0.3 is 20.5 Å². The number of nitrogens with two attached hydrogens (primary N) is 1. The number of carboxylic acid groups (broad SMARTS) is 1. The summed E-state index contributed by atoms with van der Waals surface area (Å²) in [5.41, 5.74) is 7.40. The van der Waals surface area contributed by atoms with Crippen molar-refractivity contribution >= 4 is 28.6 Å². The molecule has 2 heterocycles. The number of ether oxygens (including phenoxy) is 1. The summed E-state index contributed by atoms with van der Waals surface area (Å²) in [7, 11) is 1.53. The zero-order valence-corrected chi connectivity index (χ0v) is 21.3. The minimum Gasteiger partial charge on any atom is -0.497 e. The van der Waals surface area contributed by atoms with Gasteiger partial charge in [0, 0.05) is 40.7 Å². The number of hydrogen-bond acceptors (Lipinski definition) is 6. The van der Waals surface area contributed by atoms with Crippen LogP contribution < -0.4 is 10.5 Å². The highest BCUT2D eigenvalue weighted by Crippen LogP contribution is 2.34. The number of rotatable bonds is 10. The Morgan fingerprint density at radius 3 is 2.81 bits per heavy atom. The van der Waals surface area contributed by atoms with Crippen molar-refractivity contribution in [2.75, 3.05) is 32.5 Å². The molecule has 1 aromatic heterocycles. The summed E-state index contributed by atoms with van der Waals surface area (Å²) in [6, 6.07) is 7.94. The second kappa shape index (κ2) is 12.1. The first kappa shape index (κ1) is 27.2. The van der Waals surface area contributed by atoms with Crippen LogP contribution in [0.4, 0.5) is 13.2 Å². The summed E-state index contributed by atoms with van der Waals surface area (Å²) in [6.07, 6.45) is 2.80. The lowest BCUT2D eigenvalue weighted by Gasteiger charge is -2.37. The van der Waals surface area contributed by atoms with Crippen LogP contribution >= 0.6 is 11.8 Å². The molecular formula is C27H30F3N3O3S. The van der Waals surface area contributed by atoms with E-state index in [4.69, 9.17) is 10.5 Å². The molecular weight excluding hydrogens is 503 g/mol. The van der Waals surface area contributed by atoms with E-state index in [9.17, 15) is 23.1 Å². The molecule has 0 spiro atoms. The Balaban J connectivity index is 1.36. The lowest BCUT2D eigenvalue weighted by molar-refractivity contribution is -0.146. The van der Waals surface area contributed by atoms with Crippen LogP contribution in [0.2, 0.25) is 0 Å². The molecule has 0 bridgehead atoms. The average Bonchev–Trinajstić information content (AvgIpc) is 2.89. The summed E-state index contributed by atoms with van der Waals surface area (Å²) in [6.45, 7) is 1.62. The summed E-state index contributed by atoms with van der Waals surface area (Å²) >= 11 is 1.21. The third-order valence-corrected chi connectivity index (χ3v) is 8.01. The first-order valence-electron chi connectivity index (χ1n) is 12.2. The van der Waals surface area contributed by atoms with Crippen LogP contribution in [0, 0.1) is 29.3 Å². The van der Waals surface area contributed by atoms with Gasteiger partial charge in [-0.1, -0.05) is 0 Å². The largest absolute Gasteiger partial charge is 0.497 e. The van der Waals surface area contributed by atoms with Crippen LogP contribution in [0.5, 0.6) is 5.75 Å². The molecule has 1 fully saturated rings. The highest BCUT2D eigenvalue weighted by molar-refractivity contribution is 7.99. The van der Waals surface area contributed by atoms with Gasteiger partial charge in [0.25, 0.3) is 0 Å². The molecule has 37 heavy (non-hydrogen) atoms. The molecule has 2 aromatic carbocycles. The van der Waals surface area contributed by atoms with E-state index in [1.54, 1.807) is 18.2 Å². The van der Waals surface area contributed by atoms with Crippen molar-refractivity contribution < 1.29 is 27.8 Å². The molecule has 6 nitrogen and oxygen atoms in total. The minimum absolute atomic E-state index is 0.0983. The predicted octanol–water partition coefficient (Wildman–Crippen LogP) is 5.26. The van der Waals surface area contributed by atoms with Crippen molar-refractivity contribution in [3.63, 3.8) is 0 Å². The fourth-order valence-corrected chi connectivity index (χ4v) is 5.95. The maximum absolute atomic E-state index is 14.8. The van der Waals surface area contributed by atoms with Gasteiger partial charge in [-0.25, -0.2) is 13.2 Å². The number of halogens is 3. The van der Waals surface area contributed by atoms with Gasteiger partial charge in [0.1, 0.15) is 23.2 Å². The molecule has 4 rings (SSSR count). The number of fused-ring (bicyclic) bond motifs is 1. The first-order valence-corrected chi connectivity index (χ1v) is 13.2. The molecule has 1 saturated heterocycles. The fraction of sp³-hybridized carbons (Fsp3) is 0.407. The number of carbonyl (C=O) groups is 1. The summed E-state index contributed by atoms with van der Waals surface area (Å²) in [4.78, 5) is 18.5. The van der Waals surface area contributed by atoms with E-state index in [-0.39, 0.29) is 10.8 Å². The van der Waals surface area contributed by atoms with Gasteiger partial charge in [-0.3, -0.25) is 9.78 Å². The normalized spacial score (nSPS) is 19.2. The van der Waals surface area contributed by atoms with Crippen molar-refractivity contribution in [1.29, 1.82) is 0 Å². The maximum atomic E-state index is 14.8. The Kier molecular flexibility index (Phi) is 8.94. The van der Waals surface area contributed by atoms with Crippen molar-refractivity contribution in [1.82, 2.24) is 9.88 Å². The van der Waals surface area contributed by atoms with E-state index >= 15 is 0 Å². The molecule has 0 amide bonds. The van der Waals surface area contributed by atoms with Gasteiger partial charge >= 0.3 is 5.97 Å². The number of piperidine rings is 1. The zero-order chi connectivity index (χ0) is 26.5. The van der Waals surface area contributed by atoms with Crippen LogP contribution in [0.3, 0.4) is 0 Å². The van der Waals surface area contributed by atoms with Crippen molar-refractivity contribution in [3.8, 4) is 5.75 Å². The number of nitrogens with zero attached hydrogens (tertiary/aromatic N) is 2. The summed E-state index contributed by atoms with van der Waals surface area (Å²) in [5.74, 6) is -1.93. The molecule has 3 atom stereocenters. The van der Waals surface area contributed by atoms with E-state index in [2.05, 4.69) is 4.98 Å². The Morgan fingerprint density at radius 2 is 2.05 bits per heavy atom. The molecule has 198 valence electrons. The number of thioether (sulfide) groups is 1. The monoisotopic (exact) mass is 533 g/mol. The molecule has 0 saturated carbocycles. The van der Waals surface area contributed by atoms with Gasteiger partial charge in [-0.2, -0.15) is 0 Å². The van der Waals surface area contributed by atoms with Crippen molar-refractivity contribution in [2.45, 2.75) is 30.2 Å². The standard InChI is InChI=1S/C27H30F3N3O3S/c1-36-18-4-7-24-19(13-18)26(22(30)14-32-24)23(31)6-2-16-8-9-33(15-20(16)27(34)35)10-11-37-25-12-17(28)3-5-21(25)29/h3-5,7,12-14,16,20,23H,2,6,8-11,15,31H2,1H3,(H,34,35)/t16-,20+,23-/m0/s1. The van der Waals surface area contributed by atoms with Crippen LogP contribution in [0.15, 0.2) is 47.5 Å². The fourth-order valence-electron chi connectivity index (χ4n) is 4.98. The quantitative estimate of drug-likeness (QED) is 0.344. The number of methoxy groups -OCH3 is 1. The minimum atomic E-state index is -0.877. The SMILES string of the molecule is COc1ccc2ncc(F)c([C@@H](N)CC[C@H]3CCN(CCSc4cc(F)ccc4F)C[C@H]3C(=O)O)c2c1. The van der Waals surface area contributed by atoms with E-state index in [0.29, 0.717) is 66.9 Å². The molecule has 0 aliphatic carbocycles. The third kappa shape index (κ3) is 6.55. The van der Waals surface area contributed by atoms with Gasteiger partial charge in [-0.15, -0.1) is 11.8 Å². The number of aliphatic carboxylic acids is 1. The molecule has 1 aliphatic heterocycles. The molecule has 10 heteroatoms. The number of carboxylic acids is 1. The Labute approximate surface area is 218 Å². The Morgan fingerprint density at radius 1 is 1.24 bits per heavy atom. The second-order valence-electron chi connectivity index (χ2n) is 9.30. The Hall–Kier alpha value is -2.82. The first-order chi connectivity index (χ1) is 17.8. The van der Waals surface area contributed by atoms with Crippen LogP contribution in [0.25, 0.3) is 10.9 Å². The number of benzene rings is 2. The molecule has 3 N–H and O–H groups in total. The smallest absolute Gasteiger partial charge is 0.308 e. The number of pyridine rings is 1. The van der Waals surface area contributed by atoms with Crippen molar-refractivity contribution in [2.24, 2.45) is 17.6 Å². The van der Waals surface area contributed by atoms with Gasteiger partial charge in [-0.05, 0) is 68.1 Å². The topological polar surface area (TPSA) is 88.7 Å². The molecule has 0 unspecified atom stereocenters. The molecule has 1 aliphatic rings. The highest BCUT2D eigenvalue weighted by atomic mass is 32.2. The van der Waals surface area contributed by atoms with E-state index in [1.807, 2.05) is 4.90 Å². The molecule has 0 radical (unpaired) electrons. The number of hydrogen-bond donors (Lipinski definition) is 2. The lowest BCUT2D eigenvalue weighted by atomic mass is 9.81. The van der Waals surface area contributed by atoms with Crippen molar-refractivity contribution in [3.05, 3.63) is 65.6 Å². The van der Waals surface area contributed by atoms with Gasteiger partial charge in [0.05, 0.1) is 24.7 Å². The number of likely N-dealkylation sites (tertiary alicyclic amines) is 1. The maximum Gasteiger partial charge on any atom is 0.308 e. The Bertz CT molecular complexity index is 1260. The average molecular weight is 534 g/mol. The van der Waals surface area contributed by atoms with Gasteiger partial charge in [0.2, 0.25) is 0 Å². The second-order valence-corrected chi connectivity index (χ2v) is 10.4. The summed E-state index contributed by atoms with van der Waals surface area (Å²) in [5, 5.41) is 10.5. The van der Waals surface area contributed by atoms with Gasteiger partial charge in [0.15, 0.2) is 0 Å². The van der Waals surface area contributed by atoms with E-state index in [0.717, 1.165) is 18.3 Å². The van der Waals surface area contributed by atoms with Crippen LogP contribution in [-0.2, 0) is 4.79 Å². The lowest BCUT2D eigenvalue weighted by Crippen LogP contribution is -2.44. The summed E-state index contributed by atoms with van der Waals surface area (Å²) < 4.78 is 47.3. The predicted molar refractivity (Wildman–Crippen MR) is 137 cm³/mol. The van der Waals surface area contributed by atoms with Crippen LogP contribution in [0.1, 0.15) is 30.9 Å². The highest BCUT2D eigenvalue weighted by Gasteiger charge is 2.34.